The molecule has 0 aromatic heterocycles. The Labute approximate surface area is 202 Å². The van der Waals surface area contributed by atoms with Crippen molar-refractivity contribution in [2.75, 3.05) is 0 Å². The van der Waals surface area contributed by atoms with Crippen LogP contribution in [-0.2, 0) is 21.9 Å². The van der Waals surface area contributed by atoms with Gasteiger partial charge < -0.3 is 15.2 Å². The highest BCUT2D eigenvalue weighted by molar-refractivity contribution is 5.83. The van der Waals surface area contributed by atoms with Gasteiger partial charge in [-0.15, -0.1) is 0 Å². The molecule has 0 bridgehead atoms. The fourth-order valence-electron chi connectivity index (χ4n) is 5.26. The number of rotatable bonds is 5. The van der Waals surface area contributed by atoms with Crippen LogP contribution < -0.4 is 5.32 Å². The second kappa shape index (κ2) is 9.66. The molecule has 6 atom stereocenters. The SMILES string of the molecule is C[C@@H](O[C@H]1CC[C@@H](C2C[C@@H](O)C(=O)N2)[C@@H]1c1ccc(F)cc1)c1cc(C(F)(F)F)cc(C(F)(F)F)c1. The van der Waals surface area contributed by atoms with Crippen LogP contribution in [0.15, 0.2) is 42.5 Å². The average molecular weight is 519 g/mol. The van der Waals surface area contributed by atoms with Crippen molar-refractivity contribution in [2.45, 2.75) is 68.8 Å². The van der Waals surface area contributed by atoms with Gasteiger partial charge in [-0.1, -0.05) is 12.1 Å². The molecular formula is C25H24F7NO3. The molecule has 2 N–H and O–H groups in total. The van der Waals surface area contributed by atoms with Gasteiger partial charge in [0.1, 0.15) is 11.9 Å². The third-order valence-electron chi connectivity index (χ3n) is 6.98. The minimum atomic E-state index is -4.98. The van der Waals surface area contributed by atoms with Crippen LogP contribution in [0.1, 0.15) is 60.5 Å². The molecule has 2 aliphatic rings. The smallest absolute Gasteiger partial charge is 0.383 e. The summed E-state index contributed by atoms with van der Waals surface area (Å²) in [5.41, 5.74) is -2.47. The number of carbonyl (C=O) groups excluding carboxylic acids is 1. The molecule has 2 aromatic carbocycles. The second-order valence-corrected chi connectivity index (χ2v) is 9.34. The summed E-state index contributed by atoms with van der Waals surface area (Å²) in [5, 5.41) is 12.6. The number of aliphatic hydroxyl groups is 1. The summed E-state index contributed by atoms with van der Waals surface area (Å²) in [6.07, 6.45) is -11.8. The quantitative estimate of drug-likeness (QED) is 0.495. The third kappa shape index (κ3) is 5.51. The van der Waals surface area contributed by atoms with E-state index in [9.17, 15) is 40.6 Å². The van der Waals surface area contributed by atoms with Crippen LogP contribution in [0, 0.1) is 11.7 Å². The van der Waals surface area contributed by atoms with E-state index in [1.54, 1.807) is 12.1 Å². The highest BCUT2D eigenvalue weighted by atomic mass is 19.4. The van der Waals surface area contributed by atoms with E-state index in [0.29, 0.717) is 30.5 Å². The van der Waals surface area contributed by atoms with Gasteiger partial charge in [0, 0.05) is 18.4 Å². The number of benzene rings is 2. The molecule has 1 aliphatic heterocycles. The van der Waals surface area contributed by atoms with Gasteiger partial charge in [0.15, 0.2) is 0 Å². The Kier molecular flexibility index (Phi) is 7.09. The summed E-state index contributed by atoms with van der Waals surface area (Å²) in [7, 11) is 0. The van der Waals surface area contributed by atoms with Gasteiger partial charge in [-0.05, 0) is 67.1 Å². The number of halogens is 7. The summed E-state index contributed by atoms with van der Waals surface area (Å²) in [6, 6.07) is 6.52. The zero-order valence-corrected chi connectivity index (χ0v) is 19.0. The Morgan fingerprint density at radius 1 is 0.972 bits per heavy atom. The number of nitrogens with one attached hydrogen (secondary N) is 1. The van der Waals surface area contributed by atoms with Crippen molar-refractivity contribution in [2.24, 2.45) is 5.92 Å². The van der Waals surface area contributed by atoms with Gasteiger partial charge in [-0.25, -0.2) is 4.39 Å². The van der Waals surface area contributed by atoms with E-state index in [4.69, 9.17) is 4.74 Å². The zero-order valence-electron chi connectivity index (χ0n) is 19.0. The molecule has 4 nitrogen and oxygen atoms in total. The van der Waals surface area contributed by atoms with Gasteiger partial charge in [-0.3, -0.25) is 4.79 Å². The van der Waals surface area contributed by atoms with E-state index < -0.39 is 65.5 Å². The van der Waals surface area contributed by atoms with E-state index in [2.05, 4.69) is 5.32 Å². The summed E-state index contributed by atoms with van der Waals surface area (Å²) in [4.78, 5) is 11.9. The first-order valence-electron chi connectivity index (χ1n) is 11.4. The normalized spacial score (nSPS) is 27.8. The van der Waals surface area contributed by atoms with Crippen molar-refractivity contribution in [3.63, 3.8) is 0 Å². The molecule has 0 spiro atoms. The van der Waals surface area contributed by atoms with Crippen LogP contribution in [0.3, 0.4) is 0 Å². The molecule has 36 heavy (non-hydrogen) atoms. The van der Waals surface area contributed by atoms with Crippen LogP contribution in [0.2, 0.25) is 0 Å². The van der Waals surface area contributed by atoms with Crippen molar-refractivity contribution in [3.8, 4) is 0 Å². The van der Waals surface area contributed by atoms with Crippen molar-refractivity contribution in [1.29, 1.82) is 0 Å². The highest BCUT2D eigenvalue weighted by Gasteiger charge is 2.46. The molecule has 1 unspecified atom stereocenters. The lowest BCUT2D eigenvalue weighted by molar-refractivity contribution is -0.143. The fraction of sp³-hybridized carbons (Fsp3) is 0.480. The molecule has 2 fully saturated rings. The molecular weight excluding hydrogens is 495 g/mol. The topological polar surface area (TPSA) is 58.6 Å². The molecule has 1 saturated heterocycles. The Bertz CT molecular complexity index is 1070. The predicted molar refractivity (Wildman–Crippen MR) is 114 cm³/mol. The van der Waals surface area contributed by atoms with E-state index in [0.717, 1.165) is 0 Å². The van der Waals surface area contributed by atoms with E-state index in [1.807, 2.05) is 0 Å². The van der Waals surface area contributed by atoms with Crippen LogP contribution in [0.5, 0.6) is 0 Å². The number of carbonyl (C=O) groups is 1. The number of amides is 1. The van der Waals surface area contributed by atoms with Gasteiger partial charge in [0.05, 0.1) is 23.3 Å². The predicted octanol–water partition coefficient (Wildman–Crippen LogP) is 5.75. The molecule has 2 aromatic rings. The van der Waals surface area contributed by atoms with Gasteiger partial charge >= 0.3 is 12.4 Å². The maximum atomic E-state index is 13.6. The standard InChI is InChI=1S/C25H24F7NO3/c1-12(14-8-15(24(27,28)29)10-16(9-14)25(30,31)32)36-21-7-6-18(19-11-20(34)23(35)33-19)22(21)13-2-4-17(26)5-3-13/h2-5,8-10,12,18-22,34H,6-7,11H2,1H3,(H,33,35)/t12-,18+,19?,20-,21+,22+/m1/s1. The van der Waals surface area contributed by atoms with Crippen molar-refractivity contribution < 1.29 is 45.4 Å². The minimum absolute atomic E-state index is 0.0667. The van der Waals surface area contributed by atoms with Crippen LogP contribution in [0.4, 0.5) is 30.7 Å². The number of ether oxygens (including phenoxy) is 1. The molecule has 11 heteroatoms. The molecule has 4 rings (SSSR count). The van der Waals surface area contributed by atoms with Crippen molar-refractivity contribution in [3.05, 3.63) is 70.5 Å². The molecule has 1 saturated carbocycles. The maximum absolute atomic E-state index is 13.6. The Balaban J connectivity index is 1.64. The first-order chi connectivity index (χ1) is 16.7. The van der Waals surface area contributed by atoms with Gasteiger partial charge in [0.25, 0.3) is 0 Å². The lowest BCUT2D eigenvalue weighted by atomic mass is 9.82. The molecule has 1 amide bonds. The van der Waals surface area contributed by atoms with E-state index in [-0.39, 0.29) is 24.0 Å². The van der Waals surface area contributed by atoms with Gasteiger partial charge in [0.2, 0.25) is 5.91 Å². The van der Waals surface area contributed by atoms with Crippen LogP contribution in [-0.4, -0.2) is 29.3 Å². The zero-order chi connectivity index (χ0) is 26.4. The van der Waals surface area contributed by atoms with E-state index >= 15 is 0 Å². The van der Waals surface area contributed by atoms with Crippen molar-refractivity contribution in [1.82, 2.24) is 5.32 Å². The largest absolute Gasteiger partial charge is 0.416 e. The molecule has 196 valence electrons. The number of aliphatic hydroxyl groups excluding tert-OH is 1. The van der Waals surface area contributed by atoms with Gasteiger partial charge in [-0.2, -0.15) is 26.3 Å². The first-order valence-corrected chi connectivity index (χ1v) is 11.4. The van der Waals surface area contributed by atoms with Crippen LogP contribution >= 0.6 is 0 Å². The number of hydrogen-bond donors (Lipinski definition) is 2. The van der Waals surface area contributed by atoms with E-state index in [1.165, 1.54) is 19.1 Å². The lowest BCUT2D eigenvalue weighted by Gasteiger charge is -2.31. The fourth-order valence-corrected chi connectivity index (χ4v) is 5.26. The number of alkyl halides is 6. The third-order valence-corrected chi connectivity index (χ3v) is 6.98. The lowest BCUT2D eigenvalue weighted by Crippen LogP contribution is -2.36. The second-order valence-electron chi connectivity index (χ2n) is 9.34. The Morgan fingerprint density at radius 2 is 1.56 bits per heavy atom. The first kappa shape index (κ1) is 26.4. The van der Waals surface area contributed by atoms with Crippen molar-refractivity contribution >= 4 is 5.91 Å². The summed E-state index contributed by atoms with van der Waals surface area (Å²) < 4.78 is 99.5. The maximum Gasteiger partial charge on any atom is 0.416 e. The summed E-state index contributed by atoms with van der Waals surface area (Å²) >= 11 is 0. The Morgan fingerprint density at radius 3 is 2.06 bits per heavy atom. The summed E-state index contributed by atoms with van der Waals surface area (Å²) in [6.45, 7) is 1.38. The average Bonchev–Trinajstić information content (AvgIpc) is 3.35. The summed E-state index contributed by atoms with van der Waals surface area (Å²) in [5.74, 6) is -1.66. The highest BCUT2D eigenvalue weighted by Crippen LogP contribution is 2.47. The number of hydrogen-bond acceptors (Lipinski definition) is 3. The molecule has 1 aliphatic carbocycles. The monoisotopic (exact) mass is 519 g/mol. The minimum Gasteiger partial charge on any atom is -0.383 e. The molecule has 1 heterocycles. The molecule has 0 radical (unpaired) electrons. The van der Waals surface area contributed by atoms with Crippen LogP contribution in [0.25, 0.3) is 0 Å². The Hall–Kier alpha value is -2.66.